The standard InChI is InChI=1S/C10H16N4O2/c11-9-3-12-14(5-9)6-10(16)13-2-1-8(4-13)7-15/h3,5,8,15H,1-2,4,6-7,11H2. The first kappa shape index (κ1) is 10.9. The molecule has 88 valence electrons. The molecule has 2 rings (SSSR count). The van der Waals surface area contributed by atoms with Crippen molar-refractivity contribution >= 4 is 11.6 Å². The molecule has 1 aliphatic heterocycles. The lowest BCUT2D eigenvalue weighted by Gasteiger charge is -2.15. The number of aliphatic hydroxyl groups excluding tert-OH is 1. The van der Waals surface area contributed by atoms with E-state index in [0.29, 0.717) is 12.2 Å². The summed E-state index contributed by atoms with van der Waals surface area (Å²) in [6.07, 6.45) is 4.04. The number of nitrogens with zero attached hydrogens (tertiary/aromatic N) is 3. The molecule has 1 unspecified atom stereocenters. The number of carbonyl (C=O) groups is 1. The average molecular weight is 224 g/mol. The number of aliphatic hydroxyl groups is 1. The van der Waals surface area contributed by atoms with E-state index in [1.807, 2.05) is 0 Å². The molecule has 0 bridgehead atoms. The maximum absolute atomic E-state index is 11.8. The van der Waals surface area contributed by atoms with Crippen LogP contribution < -0.4 is 5.73 Å². The molecule has 6 nitrogen and oxygen atoms in total. The van der Waals surface area contributed by atoms with Gasteiger partial charge in [0.25, 0.3) is 0 Å². The van der Waals surface area contributed by atoms with E-state index in [-0.39, 0.29) is 25.0 Å². The molecule has 1 aliphatic rings. The van der Waals surface area contributed by atoms with E-state index in [9.17, 15) is 4.79 Å². The number of hydrogen-bond acceptors (Lipinski definition) is 4. The fourth-order valence-electron chi connectivity index (χ4n) is 1.91. The van der Waals surface area contributed by atoms with Crippen LogP contribution in [0, 0.1) is 5.92 Å². The normalized spacial score (nSPS) is 20.3. The summed E-state index contributed by atoms with van der Waals surface area (Å²) in [5, 5.41) is 12.9. The van der Waals surface area contributed by atoms with Gasteiger partial charge in [0, 0.05) is 31.8 Å². The molecular weight excluding hydrogens is 208 g/mol. The molecule has 0 spiro atoms. The number of hydrogen-bond donors (Lipinski definition) is 2. The third-order valence-corrected chi connectivity index (χ3v) is 2.85. The van der Waals surface area contributed by atoms with Gasteiger partial charge >= 0.3 is 0 Å². The Bertz CT molecular complexity index is 377. The van der Waals surface area contributed by atoms with Gasteiger partial charge in [-0.1, -0.05) is 0 Å². The van der Waals surface area contributed by atoms with Crippen molar-refractivity contribution in [1.29, 1.82) is 0 Å². The van der Waals surface area contributed by atoms with Crippen molar-refractivity contribution in [3.63, 3.8) is 0 Å². The van der Waals surface area contributed by atoms with Crippen LogP contribution >= 0.6 is 0 Å². The molecule has 0 aromatic carbocycles. The van der Waals surface area contributed by atoms with Crippen LogP contribution in [0.4, 0.5) is 5.69 Å². The molecule has 1 aromatic rings. The van der Waals surface area contributed by atoms with Gasteiger partial charge in [-0.2, -0.15) is 5.10 Å². The average Bonchev–Trinajstić information content (AvgIpc) is 2.87. The van der Waals surface area contributed by atoms with Crippen molar-refractivity contribution in [3.8, 4) is 0 Å². The van der Waals surface area contributed by atoms with Crippen LogP contribution in [0.3, 0.4) is 0 Å². The second kappa shape index (κ2) is 4.52. The zero-order chi connectivity index (χ0) is 11.5. The van der Waals surface area contributed by atoms with Crippen molar-refractivity contribution < 1.29 is 9.90 Å². The number of amides is 1. The highest BCUT2D eigenvalue weighted by Gasteiger charge is 2.25. The lowest BCUT2D eigenvalue weighted by atomic mass is 10.1. The molecule has 16 heavy (non-hydrogen) atoms. The van der Waals surface area contributed by atoms with Crippen molar-refractivity contribution in [2.45, 2.75) is 13.0 Å². The van der Waals surface area contributed by atoms with E-state index < -0.39 is 0 Å². The van der Waals surface area contributed by atoms with Gasteiger partial charge in [0.15, 0.2) is 0 Å². The van der Waals surface area contributed by atoms with Gasteiger partial charge in [-0.05, 0) is 6.42 Å². The van der Waals surface area contributed by atoms with Crippen molar-refractivity contribution in [3.05, 3.63) is 12.4 Å². The topological polar surface area (TPSA) is 84.4 Å². The van der Waals surface area contributed by atoms with Crippen LogP contribution in [0.5, 0.6) is 0 Å². The summed E-state index contributed by atoms with van der Waals surface area (Å²) in [6.45, 7) is 1.74. The summed E-state index contributed by atoms with van der Waals surface area (Å²) in [5.41, 5.74) is 6.07. The van der Waals surface area contributed by atoms with Crippen LogP contribution in [-0.4, -0.2) is 45.4 Å². The number of nitrogen functional groups attached to an aromatic ring is 1. The Labute approximate surface area is 93.6 Å². The van der Waals surface area contributed by atoms with Crippen LogP contribution in [0.1, 0.15) is 6.42 Å². The molecule has 1 aromatic heterocycles. The predicted octanol–water partition coefficient (Wildman–Crippen LogP) is -0.694. The van der Waals surface area contributed by atoms with E-state index in [4.69, 9.17) is 10.8 Å². The summed E-state index contributed by atoms with van der Waals surface area (Å²) < 4.78 is 1.53. The molecule has 0 aliphatic carbocycles. The molecule has 1 atom stereocenters. The summed E-state index contributed by atoms with van der Waals surface area (Å²) in [7, 11) is 0. The van der Waals surface area contributed by atoms with Gasteiger partial charge in [-0.25, -0.2) is 0 Å². The zero-order valence-electron chi connectivity index (χ0n) is 9.04. The van der Waals surface area contributed by atoms with Crippen molar-refractivity contribution in [2.24, 2.45) is 5.92 Å². The number of carbonyl (C=O) groups excluding carboxylic acids is 1. The molecule has 0 radical (unpaired) electrons. The van der Waals surface area contributed by atoms with Crippen LogP contribution in [0.15, 0.2) is 12.4 Å². The van der Waals surface area contributed by atoms with Crippen LogP contribution in [0.25, 0.3) is 0 Å². The van der Waals surface area contributed by atoms with E-state index in [2.05, 4.69) is 5.10 Å². The first-order valence-electron chi connectivity index (χ1n) is 5.35. The highest BCUT2D eigenvalue weighted by Crippen LogP contribution is 2.15. The molecule has 6 heteroatoms. The number of aromatic nitrogens is 2. The van der Waals surface area contributed by atoms with Gasteiger partial charge in [-0.3, -0.25) is 9.48 Å². The minimum atomic E-state index is 0.0269. The molecule has 3 N–H and O–H groups in total. The monoisotopic (exact) mass is 224 g/mol. The maximum Gasteiger partial charge on any atom is 0.244 e. The molecule has 1 saturated heterocycles. The third kappa shape index (κ3) is 2.33. The number of anilines is 1. The van der Waals surface area contributed by atoms with Gasteiger partial charge in [-0.15, -0.1) is 0 Å². The van der Waals surface area contributed by atoms with Crippen molar-refractivity contribution in [1.82, 2.24) is 14.7 Å². The van der Waals surface area contributed by atoms with Gasteiger partial charge < -0.3 is 15.7 Å². The Balaban J connectivity index is 1.89. The van der Waals surface area contributed by atoms with Crippen LogP contribution in [-0.2, 0) is 11.3 Å². The highest BCUT2D eigenvalue weighted by atomic mass is 16.3. The first-order chi connectivity index (χ1) is 7.69. The Kier molecular flexibility index (Phi) is 3.09. The molecule has 1 amide bonds. The first-order valence-corrected chi connectivity index (χ1v) is 5.35. The smallest absolute Gasteiger partial charge is 0.244 e. The summed E-state index contributed by atoms with van der Waals surface area (Å²) in [5.74, 6) is 0.255. The number of rotatable bonds is 3. The van der Waals surface area contributed by atoms with Crippen molar-refractivity contribution in [2.75, 3.05) is 25.4 Å². The molecule has 0 saturated carbocycles. The van der Waals surface area contributed by atoms with Gasteiger partial charge in [0.1, 0.15) is 6.54 Å². The largest absolute Gasteiger partial charge is 0.396 e. The minimum Gasteiger partial charge on any atom is -0.396 e. The highest BCUT2D eigenvalue weighted by molar-refractivity contribution is 5.76. The number of nitrogens with two attached hydrogens (primary N) is 1. The summed E-state index contributed by atoms with van der Waals surface area (Å²) >= 11 is 0. The Hall–Kier alpha value is -1.56. The second-order valence-electron chi connectivity index (χ2n) is 4.15. The fraction of sp³-hybridized carbons (Fsp3) is 0.600. The van der Waals surface area contributed by atoms with E-state index in [1.165, 1.54) is 10.9 Å². The fourth-order valence-corrected chi connectivity index (χ4v) is 1.91. The Morgan fingerprint density at radius 2 is 2.50 bits per heavy atom. The lowest BCUT2D eigenvalue weighted by molar-refractivity contribution is -0.131. The van der Waals surface area contributed by atoms with E-state index >= 15 is 0 Å². The number of likely N-dealkylation sites (tertiary alicyclic amines) is 1. The molecule has 1 fully saturated rings. The Morgan fingerprint density at radius 1 is 1.69 bits per heavy atom. The summed E-state index contributed by atoms with van der Waals surface area (Å²) in [6, 6.07) is 0. The lowest BCUT2D eigenvalue weighted by Crippen LogP contribution is -2.32. The SMILES string of the molecule is Nc1cnn(CC(=O)N2CCC(CO)C2)c1. The second-order valence-corrected chi connectivity index (χ2v) is 4.15. The van der Waals surface area contributed by atoms with Gasteiger partial charge in [0.2, 0.25) is 5.91 Å². The third-order valence-electron chi connectivity index (χ3n) is 2.85. The zero-order valence-corrected chi connectivity index (χ0v) is 9.04. The molecular formula is C10H16N4O2. The van der Waals surface area contributed by atoms with Crippen LogP contribution in [0.2, 0.25) is 0 Å². The predicted molar refractivity (Wildman–Crippen MR) is 58.4 cm³/mol. The quantitative estimate of drug-likeness (QED) is 0.711. The minimum absolute atomic E-state index is 0.0269. The molecule has 2 heterocycles. The maximum atomic E-state index is 11.8. The summed E-state index contributed by atoms with van der Waals surface area (Å²) in [4.78, 5) is 13.6. The van der Waals surface area contributed by atoms with E-state index in [0.717, 1.165) is 13.0 Å². The van der Waals surface area contributed by atoms with E-state index in [1.54, 1.807) is 11.1 Å². The van der Waals surface area contributed by atoms with Gasteiger partial charge in [0.05, 0.1) is 11.9 Å². The Morgan fingerprint density at radius 3 is 3.06 bits per heavy atom.